The molecule has 1 aromatic rings. The monoisotopic (exact) mass is 238 g/mol. The minimum atomic E-state index is -0.319. The quantitative estimate of drug-likeness (QED) is 0.740. The van der Waals surface area contributed by atoms with Crippen molar-refractivity contribution in [1.29, 1.82) is 0 Å². The maximum absolute atomic E-state index is 13.0. The van der Waals surface area contributed by atoms with Crippen molar-refractivity contribution >= 4 is 5.91 Å². The van der Waals surface area contributed by atoms with E-state index >= 15 is 0 Å². The molecule has 0 saturated heterocycles. The molecule has 94 valence electrons. The number of carbonyl (C=O) groups excluding carboxylic acids is 1. The summed E-state index contributed by atoms with van der Waals surface area (Å²) in [6.45, 7) is 3.29. The van der Waals surface area contributed by atoms with Crippen LogP contribution in [0.5, 0.6) is 0 Å². The fourth-order valence-corrected chi connectivity index (χ4v) is 1.56. The van der Waals surface area contributed by atoms with Crippen LogP contribution in [0, 0.1) is 5.82 Å². The highest BCUT2D eigenvalue weighted by molar-refractivity contribution is 5.83. The van der Waals surface area contributed by atoms with E-state index in [1.807, 2.05) is 7.05 Å². The molecule has 0 aromatic heterocycles. The molecule has 0 fully saturated rings. The normalized spacial score (nSPS) is 12.2. The second-order valence-electron chi connectivity index (χ2n) is 4.02. The van der Waals surface area contributed by atoms with Crippen LogP contribution in [0.25, 0.3) is 0 Å². The molecule has 0 saturated carbocycles. The molecule has 1 aromatic carbocycles. The zero-order valence-corrected chi connectivity index (χ0v) is 10.3. The van der Waals surface area contributed by atoms with Crippen LogP contribution in [0.1, 0.15) is 24.8 Å². The van der Waals surface area contributed by atoms with E-state index < -0.39 is 0 Å². The average molecular weight is 238 g/mol. The Kier molecular flexibility index (Phi) is 5.63. The first-order chi connectivity index (χ1) is 8.15. The summed E-state index contributed by atoms with van der Waals surface area (Å²) in [6.07, 6.45) is 0.887. The molecular weight excluding hydrogens is 219 g/mol. The summed E-state index contributed by atoms with van der Waals surface area (Å²) in [7, 11) is 1.87. The SMILES string of the molecule is CNCCCNC(=O)C(C)c1cccc(F)c1. The van der Waals surface area contributed by atoms with Crippen LogP contribution < -0.4 is 10.6 Å². The van der Waals surface area contributed by atoms with Crippen LogP contribution >= 0.6 is 0 Å². The second kappa shape index (κ2) is 7.01. The number of halogens is 1. The first-order valence-electron chi connectivity index (χ1n) is 5.83. The second-order valence-corrected chi connectivity index (χ2v) is 4.02. The highest BCUT2D eigenvalue weighted by atomic mass is 19.1. The molecule has 1 amide bonds. The zero-order chi connectivity index (χ0) is 12.7. The van der Waals surface area contributed by atoms with Crippen LogP contribution in [-0.2, 0) is 4.79 Å². The van der Waals surface area contributed by atoms with Gasteiger partial charge in [-0.25, -0.2) is 4.39 Å². The Bertz CT molecular complexity index is 368. The van der Waals surface area contributed by atoms with Gasteiger partial charge >= 0.3 is 0 Å². The molecule has 1 atom stereocenters. The summed E-state index contributed by atoms with van der Waals surface area (Å²) in [5.41, 5.74) is 0.705. The van der Waals surface area contributed by atoms with Crippen LogP contribution in [0.3, 0.4) is 0 Å². The van der Waals surface area contributed by atoms with Gasteiger partial charge in [-0.15, -0.1) is 0 Å². The third-order valence-electron chi connectivity index (χ3n) is 2.64. The van der Waals surface area contributed by atoms with E-state index in [1.165, 1.54) is 12.1 Å². The molecule has 0 bridgehead atoms. The molecule has 0 spiro atoms. The molecule has 1 rings (SSSR count). The van der Waals surface area contributed by atoms with Gasteiger partial charge < -0.3 is 10.6 Å². The van der Waals surface area contributed by atoms with Gasteiger partial charge in [-0.2, -0.15) is 0 Å². The lowest BCUT2D eigenvalue weighted by Gasteiger charge is -2.12. The lowest BCUT2D eigenvalue weighted by molar-refractivity contribution is -0.122. The predicted octanol–water partition coefficient (Wildman–Crippen LogP) is 1.65. The van der Waals surface area contributed by atoms with Gasteiger partial charge in [-0.1, -0.05) is 12.1 Å². The predicted molar refractivity (Wildman–Crippen MR) is 66.4 cm³/mol. The molecule has 0 heterocycles. The van der Waals surface area contributed by atoms with Crippen molar-refractivity contribution in [1.82, 2.24) is 10.6 Å². The molecule has 0 aliphatic rings. The number of carbonyl (C=O) groups is 1. The maximum atomic E-state index is 13.0. The summed E-state index contributed by atoms with van der Waals surface area (Å²) in [4.78, 5) is 11.8. The lowest BCUT2D eigenvalue weighted by atomic mass is 10.0. The highest BCUT2D eigenvalue weighted by Crippen LogP contribution is 2.15. The van der Waals surface area contributed by atoms with Gasteiger partial charge in [-0.3, -0.25) is 4.79 Å². The standard InChI is InChI=1S/C13H19FN2O/c1-10(11-5-3-6-12(14)9-11)13(17)16-8-4-7-15-2/h3,5-6,9-10,15H,4,7-8H2,1-2H3,(H,16,17). The molecule has 17 heavy (non-hydrogen) atoms. The van der Waals surface area contributed by atoms with Crippen molar-refractivity contribution in [3.05, 3.63) is 35.6 Å². The van der Waals surface area contributed by atoms with Crippen molar-refractivity contribution in [2.45, 2.75) is 19.3 Å². The van der Waals surface area contributed by atoms with Crippen LogP contribution in [0.15, 0.2) is 24.3 Å². The molecule has 3 nitrogen and oxygen atoms in total. The average Bonchev–Trinajstić information content (AvgIpc) is 2.33. The summed E-state index contributed by atoms with van der Waals surface area (Å²) in [6, 6.07) is 6.16. The van der Waals surface area contributed by atoms with Gasteiger partial charge in [0.15, 0.2) is 0 Å². The van der Waals surface area contributed by atoms with E-state index in [1.54, 1.807) is 19.1 Å². The molecule has 0 aliphatic heterocycles. The van der Waals surface area contributed by atoms with Crippen molar-refractivity contribution in [2.24, 2.45) is 0 Å². The topological polar surface area (TPSA) is 41.1 Å². The maximum Gasteiger partial charge on any atom is 0.227 e. The third-order valence-corrected chi connectivity index (χ3v) is 2.64. The van der Waals surface area contributed by atoms with E-state index in [4.69, 9.17) is 0 Å². The lowest BCUT2D eigenvalue weighted by Crippen LogP contribution is -2.30. The summed E-state index contributed by atoms with van der Waals surface area (Å²) in [5, 5.41) is 5.84. The number of rotatable bonds is 6. The minimum Gasteiger partial charge on any atom is -0.356 e. The Balaban J connectivity index is 2.46. The molecular formula is C13H19FN2O. The Hall–Kier alpha value is -1.42. The zero-order valence-electron chi connectivity index (χ0n) is 10.3. The number of amides is 1. The van der Waals surface area contributed by atoms with E-state index in [-0.39, 0.29) is 17.6 Å². The van der Waals surface area contributed by atoms with Crippen molar-refractivity contribution in [2.75, 3.05) is 20.1 Å². The summed E-state index contributed by atoms with van der Waals surface area (Å²) >= 11 is 0. The van der Waals surface area contributed by atoms with Crippen LogP contribution in [-0.4, -0.2) is 26.0 Å². The smallest absolute Gasteiger partial charge is 0.227 e. The third kappa shape index (κ3) is 4.53. The van der Waals surface area contributed by atoms with E-state index in [0.717, 1.165) is 13.0 Å². The van der Waals surface area contributed by atoms with Crippen molar-refractivity contribution in [3.8, 4) is 0 Å². The van der Waals surface area contributed by atoms with Gasteiger partial charge in [0.05, 0.1) is 5.92 Å². The number of hydrogen-bond acceptors (Lipinski definition) is 2. The first-order valence-corrected chi connectivity index (χ1v) is 5.83. The Morgan fingerprint density at radius 3 is 2.82 bits per heavy atom. The van der Waals surface area contributed by atoms with Crippen molar-refractivity contribution < 1.29 is 9.18 Å². The molecule has 0 radical (unpaired) electrons. The van der Waals surface area contributed by atoms with Gasteiger partial charge in [0, 0.05) is 6.54 Å². The largest absolute Gasteiger partial charge is 0.356 e. The molecule has 4 heteroatoms. The summed E-state index contributed by atoms with van der Waals surface area (Å²) in [5.74, 6) is -0.690. The van der Waals surface area contributed by atoms with Crippen LogP contribution in [0.4, 0.5) is 4.39 Å². The minimum absolute atomic E-state index is 0.0632. The van der Waals surface area contributed by atoms with Crippen LogP contribution in [0.2, 0.25) is 0 Å². The molecule has 2 N–H and O–H groups in total. The van der Waals surface area contributed by atoms with E-state index in [0.29, 0.717) is 12.1 Å². The van der Waals surface area contributed by atoms with Crippen molar-refractivity contribution in [3.63, 3.8) is 0 Å². The Morgan fingerprint density at radius 1 is 1.41 bits per heavy atom. The highest BCUT2D eigenvalue weighted by Gasteiger charge is 2.14. The Morgan fingerprint density at radius 2 is 2.18 bits per heavy atom. The Labute approximate surface area is 101 Å². The van der Waals surface area contributed by atoms with Gasteiger partial charge in [0.25, 0.3) is 0 Å². The van der Waals surface area contributed by atoms with Gasteiger partial charge in [0.1, 0.15) is 5.82 Å². The van der Waals surface area contributed by atoms with Gasteiger partial charge in [-0.05, 0) is 44.6 Å². The first kappa shape index (κ1) is 13.6. The summed E-state index contributed by atoms with van der Waals surface area (Å²) < 4.78 is 13.0. The number of benzene rings is 1. The fourth-order valence-electron chi connectivity index (χ4n) is 1.56. The molecule has 0 aliphatic carbocycles. The van der Waals surface area contributed by atoms with E-state index in [9.17, 15) is 9.18 Å². The van der Waals surface area contributed by atoms with E-state index in [2.05, 4.69) is 10.6 Å². The number of nitrogens with one attached hydrogen (secondary N) is 2. The fraction of sp³-hybridized carbons (Fsp3) is 0.462. The van der Waals surface area contributed by atoms with Gasteiger partial charge in [0.2, 0.25) is 5.91 Å². The number of hydrogen-bond donors (Lipinski definition) is 2. The molecule has 1 unspecified atom stereocenters.